The number of carbonyl (C=O) groups excluding carboxylic acids is 2. The second-order valence-corrected chi connectivity index (χ2v) is 7.30. The Labute approximate surface area is 165 Å². The van der Waals surface area contributed by atoms with Gasteiger partial charge in [0.05, 0.1) is 24.4 Å². The Morgan fingerprint density at radius 3 is 1.72 bits per heavy atom. The fourth-order valence-corrected chi connectivity index (χ4v) is 4.75. The molecule has 0 aromatic rings. The monoisotopic (exact) mass is 477 g/mol. The zero-order chi connectivity index (χ0) is 18.4. The summed E-state index contributed by atoms with van der Waals surface area (Å²) < 4.78 is 10.7. The summed E-state index contributed by atoms with van der Waals surface area (Å²) in [7, 11) is 0. The molecule has 1 saturated carbocycles. The number of nitrogens with one attached hydrogen (secondary N) is 1. The van der Waals surface area contributed by atoms with E-state index in [1.807, 2.05) is 0 Å². The largest absolute Gasteiger partial charge is 0.463 e. The van der Waals surface area contributed by atoms with Crippen LogP contribution in [0.3, 0.4) is 0 Å². The quantitative estimate of drug-likeness (QED) is 0.462. The van der Waals surface area contributed by atoms with Crippen molar-refractivity contribution in [2.24, 2.45) is 5.41 Å². The zero-order valence-corrected chi connectivity index (χ0v) is 17.9. The molecular weight excluding hydrogens is 454 g/mol. The molecule has 25 heavy (non-hydrogen) atoms. The molecule has 7 heteroatoms. The Bertz CT molecular complexity index is 548. The summed E-state index contributed by atoms with van der Waals surface area (Å²) in [5.74, 6) is -0.691. The van der Waals surface area contributed by atoms with E-state index in [2.05, 4.69) is 37.2 Å². The van der Waals surface area contributed by atoms with Crippen molar-refractivity contribution in [3.05, 3.63) is 22.5 Å². The Morgan fingerprint density at radius 2 is 1.36 bits per heavy atom. The zero-order valence-electron chi connectivity index (χ0n) is 14.8. The van der Waals surface area contributed by atoms with Crippen LogP contribution in [0.5, 0.6) is 0 Å². The molecule has 0 aromatic carbocycles. The van der Waals surface area contributed by atoms with Crippen LogP contribution in [-0.4, -0.2) is 35.8 Å². The van der Waals surface area contributed by atoms with Gasteiger partial charge < -0.3 is 14.8 Å². The van der Waals surface area contributed by atoms with Gasteiger partial charge in [-0.25, -0.2) is 9.59 Å². The lowest BCUT2D eigenvalue weighted by Crippen LogP contribution is -2.45. The third kappa shape index (κ3) is 3.97. The summed E-state index contributed by atoms with van der Waals surface area (Å²) in [4.78, 5) is 25.7. The van der Waals surface area contributed by atoms with Crippen molar-refractivity contribution in [2.45, 2.75) is 46.0 Å². The van der Waals surface area contributed by atoms with Gasteiger partial charge in [-0.05, 0) is 26.7 Å². The smallest absolute Gasteiger partial charge is 0.336 e. The summed E-state index contributed by atoms with van der Waals surface area (Å²) in [6.45, 7) is 4.19. The van der Waals surface area contributed by atoms with Crippen LogP contribution in [0, 0.1) is 5.41 Å². The van der Waals surface area contributed by atoms with Gasteiger partial charge in [-0.1, -0.05) is 51.1 Å². The van der Waals surface area contributed by atoms with Crippen LogP contribution in [0.1, 0.15) is 46.0 Å². The van der Waals surface area contributed by atoms with Gasteiger partial charge in [0.25, 0.3) is 0 Å². The molecule has 0 atom stereocenters. The molecule has 1 spiro atoms. The van der Waals surface area contributed by atoms with Crippen molar-refractivity contribution >= 4 is 43.8 Å². The summed E-state index contributed by atoms with van der Waals surface area (Å²) in [6, 6.07) is 0. The first-order valence-corrected chi connectivity index (χ1v) is 11.0. The lowest BCUT2D eigenvalue weighted by atomic mass is 9.62. The predicted molar refractivity (Wildman–Crippen MR) is 104 cm³/mol. The Hall–Kier alpha value is -0.820. The number of hydrogen-bond donors (Lipinski definition) is 1. The van der Waals surface area contributed by atoms with Crippen LogP contribution in [0.15, 0.2) is 22.5 Å². The van der Waals surface area contributed by atoms with Gasteiger partial charge in [-0.3, -0.25) is 0 Å². The summed E-state index contributed by atoms with van der Waals surface area (Å²) >= 11 is 6.97. The molecule has 1 heterocycles. The van der Waals surface area contributed by atoms with Crippen molar-refractivity contribution in [2.75, 3.05) is 23.9 Å². The summed E-state index contributed by atoms with van der Waals surface area (Å²) in [6.07, 6.45) is 4.55. The maximum Gasteiger partial charge on any atom is 0.336 e. The molecule has 2 aliphatic rings. The Kier molecular flexibility index (Phi) is 7.55. The molecule has 1 aliphatic carbocycles. The van der Waals surface area contributed by atoms with Crippen LogP contribution in [-0.2, 0) is 19.1 Å². The average Bonchev–Trinajstić information content (AvgIpc) is 2.61. The first-order valence-electron chi connectivity index (χ1n) is 8.76. The number of hydrogen-bond acceptors (Lipinski definition) is 5. The van der Waals surface area contributed by atoms with E-state index in [1.54, 1.807) is 13.8 Å². The first kappa shape index (κ1) is 20.5. The van der Waals surface area contributed by atoms with E-state index in [0.29, 0.717) is 35.0 Å². The molecule has 0 amide bonds. The van der Waals surface area contributed by atoms with E-state index in [0.717, 1.165) is 43.5 Å². The number of esters is 2. The van der Waals surface area contributed by atoms with Crippen LogP contribution in [0.4, 0.5) is 0 Å². The average molecular weight is 479 g/mol. The maximum absolute atomic E-state index is 12.8. The van der Waals surface area contributed by atoms with Crippen LogP contribution < -0.4 is 5.32 Å². The molecular formula is C18H25Br2NO4. The highest BCUT2D eigenvalue weighted by atomic mass is 79.9. The van der Waals surface area contributed by atoms with Gasteiger partial charge in [0.15, 0.2) is 0 Å². The highest BCUT2D eigenvalue weighted by Gasteiger charge is 2.50. The molecule has 1 aliphatic heterocycles. The van der Waals surface area contributed by atoms with Crippen LogP contribution in [0.2, 0.25) is 0 Å². The molecule has 0 unspecified atom stereocenters. The topological polar surface area (TPSA) is 64.6 Å². The molecule has 2 rings (SSSR count). The first-order chi connectivity index (χ1) is 12.1. The van der Waals surface area contributed by atoms with Gasteiger partial charge in [-0.2, -0.15) is 0 Å². The van der Waals surface area contributed by atoms with Gasteiger partial charge in [0, 0.05) is 27.5 Å². The van der Waals surface area contributed by atoms with Crippen LogP contribution >= 0.6 is 31.9 Å². The van der Waals surface area contributed by atoms with Crippen molar-refractivity contribution in [3.8, 4) is 0 Å². The number of alkyl halides is 2. The van der Waals surface area contributed by atoms with Crippen molar-refractivity contribution < 1.29 is 19.1 Å². The van der Waals surface area contributed by atoms with Crippen molar-refractivity contribution in [1.82, 2.24) is 5.32 Å². The number of ether oxygens (including phenoxy) is 2. The molecule has 0 aromatic heterocycles. The SMILES string of the molecule is CCOC(=O)C1=C(CBr)NC(CBr)=C(C(=O)OCC)C12CCCCC2. The fraction of sp³-hybridized carbons (Fsp3) is 0.667. The predicted octanol–water partition coefficient (Wildman–Crippen LogP) is 3.96. The number of carbonyl (C=O) groups is 2. The molecule has 140 valence electrons. The van der Waals surface area contributed by atoms with Crippen molar-refractivity contribution in [3.63, 3.8) is 0 Å². The fourth-order valence-electron chi connectivity index (χ4n) is 3.91. The summed E-state index contributed by atoms with van der Waals surface area (Å²) in [5.41, 5.74) is 2.09. The van der Waals surface area contributed by atoms with Gasteiger partial charge >= 0.3 is 11.9 Å². The molecule has 5 nitrogen and oxygen atoms in total. The van der Waals surface area contributed by atoms with Gasteiger partial charge in [0.2, 0.25) is 0 Å². The number of allylic oxidation sites excluding steroid dienone is 2. The molecule has 0 radical (unpaired) electrons. The van der Waals surface area contributed by atoms with Crippen molar-refractivity contribution in [1.29, 1.82) is 0 Å². The Balaban J connectivity index is 2.65. The number of halogens is 2. The third-order valence-electron chi connectivity index (χ3n) is 4.80. The van der Waals surface area contributed by atoms with Gasteiger partial charge in [0.1, 0.15) is 0 Å². The van der Waals surface area contributed by atoms with Crippen LogP contribution in [0.25, 0.3) is 0 Å². The number of dihydropyridines is 1. The maximum atomic E-state index is 12.8. The lowest BCUT2D eigenvalue weighted by Gasteiger charge is -2.44. The third-order valence-corrected chi connectivity index (χ3v) is 5.92. The normalized spacial score (nSPS) is 19.7. The lowest BCUT2D eigenvalue weighted by molar-refractivity contribution is -0.142. The molecule has 1 N–H and O–H groups in total. The van der Waals surface area contributed by atoms with E-state index in [1.165, 1.54) is 0 Å². The minimum Gasteiger partial charge on any atom is -0.463 e. The van der Waals surface area contributed by atoms with E-state index in [9.17, 15) is 9.59 Å². The molecule has 0 bridgehead atoms. The summed E-state index contributed by atoms with van der Waals surface area (Å²) in [5, 5.41) is 4.26. The standard InChI is InChI=1S/C18H25Br2NO4/c1-3-24-16(22)14-12(10-19)21-13(11-20)15(17(23)25-4-2)18(14)8-6-5-7-9-18/h21H,3-11H2,1-2H3. The van der Waals surface area contributed by atoms with E-state index >= 15 is 0 Å². The number of rotatable bonds is 6. The van der Waals surface area contributed by atoms with Gasteiger partial charge in [-0.15, -0.1) is 0 Å². The molecule has 1 fully saturated rings. The highest BCUT2D eigenvalue weighted by Crippen LogP contribution is 2.52. The Morgan fingerprint density at radius 1 is 0.920 bits per heavy atom. The van der Waals surface area contributed by atoms with E-state index in [4.69, 9.17) is 9.47 Å². The molecule has 0 saturated heterocycles. The minimum atomic E-state index is -0.631. The van der Waals surface area contributed by atoms with E-state index < -0.39 is 5.41 Å². The van der Waals surface area contributed by atoms with E-state index in [-0.39, 0.29) is 11.9 Å². The second kappa shape index (κ2) is 9.21. The highest BCUT2D eigenvalue weighted by molar-refractivity contribution is 9.09. The second-order valence-electron chi connectivity index (χ2n) is 6.18. The minimum absolute atomic E-state index is 0.303.